The van der Waals surface area contributed by atoms with Crippen LogP contribution in [0.15, 0.2) is 12.3 Å². The fraction of sp³-hybridized carbons (Fsp3) is 0.333. The zero-order chi connectivity index (χ0) is 3.58. The SMILES string of the molecule is C=C(C)[O-].[NH4+]. The maximum absolute atomic E-state index is 9.33. The van der Waals surface area contributed by atoms with Crippen LogP contribution in [0.3, 0.4) is 0 Å². The van der Waals surface area contributed by atoms with Gasteiger partial charge in [0.05, 0.1) is 0 Å². The molecular formula is C3H9NO. The highest BCUT2D eigenvalue weighted by Gasteiger charge is 1.36. The average Bonchev–Trinajstić information content (AvgIpc) is 0.811. The summed E-state index contributed by atoms with van der Waals surface area (Å²) >= 11 is 0. The van der Waals surface area contributed by atoms with Crippen molar-refractivity contribution in [1.82, 2.24) is 6.15 Å². The van der Waals surface area contributed by atoms with Crippen molar-refractivity contribution in [2.24, 2.45) is 0 Å². The third kappa shape index (κ3) is 31.5. The maximum atomic E-state index is 9.33. The molecule has 0 amide bonds. The smallest absolute Gasteiger partial charge is 0.0549 e. The van der Waals surface area contributed by atoms with E-state index in [-0.39, 0.29) is 11.9 Å². The molecule has 2 heteroatoms. The van der Waals surface area contributed by atoms with Gasteiger partial charge in [0.2, 0.25) is 0 Å². The lowest BCUT2D eigenvalue weighted by molar-refractivity contribution is -0.300. The Kier molecular flexibility index (Phi) is 6.17. The lowest BCUT2D eigenvalue weighted by Gasteiger charge is -1.92. The molecule has 0 saturated carbocycles. The fourth-order valence-electron chi connectivity index (χ4n) is 0. The van der Waals surface area contributed by atoms with Crippen LogP contribution in [0.4, 0.5) is 0 Å². The molecule has 0 radical (unpaired) electrons. The third-order valence-corrected chi connectivity index (χ3v) is 0. The number of quaternary nitrogens is 1. The van der Waals surface area contributed by atoms with E-state index in [1.54, 1.807) is 0 Å². The molecule has 0 aliphatic carbocycles. The molecule has 0 aliphatic heterocycles. The molecule has 0 fully saturated rings. The second-order valence-corrected chi connectivity index (χ2v) is 0.702. The molecule has 0 aromatic carbocycles. The van der Waals surface area contributed by atoms with E-state index in [2.05, 4.69) is 6.58 Å². The van der Waals surface area contributed by atoms with E-state index in [0.717, 1.165) is 0 Å². The molecule has 0 spiro atoms. The number of hydrogen-bond donors (Lipinski definition) is 1. The summed E-state index contributed by atoms with van der Waals surface area (Å²) in [6.07, 6.45) is 0. The summed E-state index contributed by atoms with van der Waals surface area (Å²) in [5.74, 6) is -0.0833. The highest BCUT2D eigenvalue weighted by molar-refractivity contribution is 4.64. The molecule has 0 unspecified atom stereocenters. The average molecular weight is 75.1 g/mol. The highest BCUT2D eigenvalue weighted by Crippen LogP contribution is 1.57. The van der Waals surface area contributed by atoms with Gasteiger partial charge in [0.1, 0.15) is 0 Å². The maximum Gasteiger partial charge on any atom is -0.0549 e. The van der Waals surface area contributed by atoms with Crippen LogP contribution in [0, 0.1) is 0 Å². The van der Waals surface area contributed by atoms with Gasteiger partial charge in [-0.15, -0.1) is 12.3 Å². The Morgan fingerprint density at radius 1 is 1.80 bits per heavy atom. The van der Waals surface area contributed by atoms with Crippen molar-refractivity contribution in [3.8, 4) is 0 Å². The van der Waals surface area contributed by atoms with Gasteiger partial charge >= 0.3 is 0 Å². The van der Waals surface area contributed by atoms with Gasteiger partial charge < -0.3 is 11.3 Å². The third-order valence-electron chi connectivity index (χ3n) is 0. The molecule has 0 rings (SSSR count). The van der Waals surface area contributed by atoms with Gasteiger partial charge in [-0.2, -0.15) is 0 Å². The van der Waals surface area contributed by atoms with Crippen molar-refractivity contribution in [2.45, 2.75) is 6.92 Å². The van der Waals surface area contributed by atoms with Crippen molar-refractivity contribution < 1.29 is 5.11 Å². The predicted molar refractivity (Wildman–Crippen MR) is 20.8 cm³/mol. The van der Waals surface area contributed by atoms with Crippen molar-refractivity contribution in [1.29, 1.82) is 0 Å². The largest absolute Gasteiger partial charge is 0.876 e. The summed E-state index contributed by atoms with van der Waals surface area (Å²) in [5.41, 5.74) is 0. The van der Waals surface area contributed by atoms with Gasteiger partial charge in [-0.1, -0.05) is 6.92 Å². The Hall–Kier alpha value is -0.500. The van der Waals surface area contributed by atoms with Gasteiger partial charge in [-0.25, -0.2) is 0 Å². The van der Waals surface area contributed by atoms with E-state index >= 15 is 0 Å². The van der Waals surface area contributed by atoms with Gasteiger partial charge in [0.25, 0.3) is 0 Å². The molecule has 32 valence electrons. The monoisotopic (exact) mass is 75.1 g/mol. The van der Waals surface area contributed by atoms with E-state index in [1.807, 2.05) is 0 Å². The Labute approximate surface area is 31.7 Å². The molecule has 0 aliphatic rings. The minimum atomic E-state index is -0.0833. The highest BCUT2D eigenvalue weighted by atomic mass is 16.3. The summed E-state index contributed by atoms with van der Waals surface area (Å²) in [5, 5.41) is 9.33. The lowest BCUT2D eigenvalue weighted by Crippen LogP contribution is -1.92. The first kappa shape index (κ1) is 8.82. The topological polar surface area (TPSA) is 59.6 Å². The first-order chi connectivity index (χ1) is 1.73. The standard InChI is InChI=1S/C3H6O.H3N/c1-3(2)4;/h4H,1H2,2H3;1H3. The molecule has 2 nitrogen and oxygen atoms in total. The Morgan fingerprint density at radius 2 is 1.80 bits per heavy atom. The van der Waals surface area contributed by atoms with Crippen LogP contribution in [0.1, 0.15) is 6.92 Å². The number of rotatable bonds is 0. The van der Waals surface area contributed by atoms with Crippen LogP contribution in [0.25, 0.3) is 0 Å². The van der Waals surface area contributed by atoms with Crippen LogP contribution in [-0.4, -0.2) is 0 Å². The summed E-state index contributed by atoms with van der Waals surface area (Å²) in [6, 6.07) is 0. The minimum Gasteiger partial charge on any atom is -0.876 e. The van der Waals surface area contributed by atoms with Crippen molar-refractivity contribution in [3.05, 3.63) is 12.3 Å². The Balaban J connectivity index is 0. The second-order valence-electron chi connectivity index (χ2n) is 0.702. The first-order valence-electron chi connectivity index (χ1n) is 1.06. The first-order valence-corrected chi connectivity index (χ1v) is 1.06. The quantitative estimate of drug-likeness (QED) is 0.412. The summed E-state index contributed by atoms with van der Waals surface area (Å²) < 4.78 is 0. The molecule has 0 aromatic rings. The van der Waals surface area contributed by atoms with Gasteiger partial charge in [-0.3, -0.25) is 0 Å². The second kappa shape index (κ2) is 3.50. The zero-order valence-corrected chi connectivity index (χ0v) is 3.62. The van der Waals surface area contributed by atoms with Crippen molar-refractivity contribution >= 4 is 0 Å². The minimum absolute atomic E-state index is 0. The van der Waals surface area contributed by atoms with Crippen LogP contribution < -0.4 is 11.3 Å². The van der Waals surface area contributed by atoms with Crippen LogP contribution in [-0.2, 0) is 0 Å². The molecule has 0 bridgehead atoms. The number of hydrogen-bond acceptors (Lipinski definition) is 1. The molecule has 4 N–H and O–H groups in total. The lowest BCUT2D eigenvalue weighted by atomic mass is 10.7. The summed E-state index contributed by atoms with van der Waals surface area (Å²) in [6.45, 7) is 4.42. The van der Waals surface area contributed by atoms with Gasteiger partial charge in [0, 0.05) is 0 Å². The molecule has 0 heterocycles. The molecule has 0 aromatic heterocycles. The van der Waals surface area contributed by atoms with Crippen LogP contribution in [0.2, 0.25) is 0 Å². The van der Waals surface area contributed by atoms with Crippen LogP contribution in [0.5, 0.6) is 0 Å². The van der Waals surface area contributed by atoms with E-state index < -0.39 is 0 Å². The fourth-order valence-corrected chi connectivity index (χ4v) is 0. The van der Waals surface area contributed by atoms with Crippen LogP contribution >= 0.6 is 0 Å². The van der Waals surface area contributed by atoms with E-state index in [4.69, 9.17) is 0 Å². The van der Waals surface area contributed by atoms with E-state index in [0.29, 0.717) is 0 Å². The Morgan fingerprint density at radius 3 is 1.80 bits per heavy atom. The summed E-state index contributed by atoms with van der Waals surface area (Å²) in [7, 11) is 0. The normalized spacial score (nSPS) is 5.00. The van der Waals surface area contributed by atoms with Crippen molar-refractivity contribution in [2.75, 3.05) is 0 Å². The predicted octanol–water partition coefficient (Wildman–Crippen LogP) is 0.256. The molecular weight excluding hydrogens is 66.0 g/mol. The van der Waals surface area contributed by atoms with E-state index in [1.165, 1.54) is 6.92 Å². The number of allylic oxidation sites excluding steroid dienone is 1. The van der Waals surface area contributed by atoms with Gasteiger partial charge in [0.15, 0.2) is 0 Å². The molecule has 0 atom stereocenters. The van der Waals surface area contributed by atoms with Gasteiger partial charge in [-0.05, 0) is 0 Å². The molecule has 5 heavy (non-hydrogen) atoms. The zero-order valence-electron chi connectivity index (χ0n) is 3.62. The Bertz CT molecular complexity index is 29.9. The van der Waals surface area contributed by atoms with Crippen molar-refractivity contribution in [3.63, 3.8) is 0 Å². The molecule has 0 saturated heterocycles. The van der Waals surface area contributed by atoms with E-state index in [9.17, 15) is 5.11 Å². The summed E-state index contributed by atoms with van der Waals surface area (Å²) in [4.78, 5) is 0.